The van der Waals surface area contributed by atoms with Crippen molar-refractivity contribution in [3.63, 3.8) is 0 Å². The number of benzene rings is 2. The lowest BCUT2D eigenvalue weighted by Gasteiger charge is -2.35. The third-order valence-electron chi connectivity index (χ3n) is 13.0. The van der Waals surface area contributed by atoms with E-state index in [9.17, 15) is 19.2 Å². The van der Waals surface area contributed by atoms with E-state index in [0.717, 1.165) is 87.3 Å². The smallest absolute Gasteiger partial charge is 0.275 e. The fraction of sp³-hybridized carbons (Fsp3) is 0.417. The number of aryl methyl sites for hydroxylation is 1. The maximum Gasteiger partial charge on any atom is 0.275 e. The number of piperidine rings is 1. The van der Waals surface area contributed by atoms with Crippen LogP contribution in [0.3, 0.4) is 0 Å². The van der Waals surface area contributed by atoms with Crippen molar-refractivity contribution in [3.05, 3.63) is 95.6 Å². The summed E-state index contributed by atoms with van der Waals surface area (Å²) in [5.41, 5.74) is 6.37. The number of carbonyl (C=O) groups excluding carboxylic acids is 3. The summed E-state index contributed by atoms with van der Waals surface area (Å²) in [6.45, 7) is 7.04. The van der Waals surface area contributed by atoms with E-state index in [2.05, 4.69) is 75.2 Å². The fourth-order valence-electron chi connectivity index (χ4n) is 9.19. The van der Waals surface area contributed by atoms with Gasteiger partial charge in [0.05, 0.1) is 48.9 Å². The maximum atomic E-state index is 13.1. The number of amides is 3. The number of anilines is 2. The Morgan fingerprint density at radius 3 is 2.48 bits per heavy atom. The molecule has 7 aromatic rings. The van der Waals surface area contributed by atoms with Gasteiger partial charge < -0.3 is 19.9 Å². The number of hydrogen-bond acceptors (Lipinski definition) is 16. The summed E-state index contributed by atoms with van der Waals surface area (Å²) in [5, 5.41) is 23.9. The van der Waals surface area contributed by atoms with E-state index in [0.29, 0.717) is 66.4 Å². The topological polar surface area (TPSA) is 229 Å². The Labute approximate surface area is 396 Å². The molecule has 21 nitrogen and oxygen atoms in total. The van der Waals surface area contributed by atoms with Crippen LogP contribution in [0.1, 0.15) is 56.6 Å². The number of hydrogen-bond donors (Lipinski definition) is 2. The van der Waals surface area contributed by atoms with Crippen molar-refractivity contribution in [2.24, 2.45) is 7.05 Å². The van der Waals surface area contributed by atoms with Crippen molar-refractivity contribution in [2.75, 3.05) is 62.6 Å². The molecule has 0 saturated carbocycles. The Balaban J connectivity index is 0.615. The molecule has 3 aliphatic rings. The lowest BCUT2D eigenvalue weighted by atomic mass is 10.1. The third-order valence-corrected chi connectivity index (χ3v) is 13.0. The SMILES string of the molecule is Cn1cc(-c2cnc3c(nnn3C[C@@H]3CN(c4ncc(-c5ccc(CN6CCN(C(=O)CCCCCCNc7ccc8c(=O)n(C9CCC(=O)NC9=O)ncc8c7)CC6)cc5)cn4)CCO3)n2)cn1. The van der Waals surface area contributed by atoms with E-state index in [-0.39, 0.29) is 36.3 Å². The first-order valence-corrected chi connectivity index (χ1v) is 23.6. The van der Waals surface area contributed by atoms with Gasteiger partial charge in [-0.3, -0.25) is 34.1 Å². The summed E-state index contributed by atoms with van der Waals surface area (Å²) in [6, 6.07) is 13.2. The van der Waals surface area contributed by atoms with Crippen molar-refractivity contribution in [2.45, 2.75) is 70.2 Å². The quantitative estimate of drug-likeness (QED) is 0.105. The van der Waals surface area contributed by atoms with Gasteiger partial charge in [-0.05, 0) is 48.6 Å². The molecule has 0 bridgehead atoms. The summed E-state index contributed by atoms with van der Waals surface area (Å²) in [6.07, 6.45) is 15.3. The van der Waals surface area contributed by atoms with E-state index in [1.54, 1.807) is 34.0 Å². The summed E-state index contributed by atoms with van der Waals surface area (Å²) in [4.78, 5) is 75.2. The van der Waals surface area contributed by atoms with Crippen LogP contribution in [0, 0.1) is 0 Å². The first-order chi connectivity index (χ1) is 33.7. The lowest BCUT2D eigenvalue weighted by Crippen LogP contribution is -2.48. The second kappa shape index (κ2) is 20.4. The summed E-state index contributed by atoms with van der Waals surface area (Å²) in [5.74, 6) is 0.0453. The van der Waals surface area contributed by atoms with Crippen LogP contribution in [0.25, 0.3) is 44.5 Å². The molecular formula is C48H54N16O5. The molecule has 0 aliphatic carbocycles. The highest BCUT2D eigenvalue weighted by Gasteiger charge is 2.30. The van der Waals surface area contributed by atoms with Gasteiger partial charge in [0.15, 0.2) is 5.65 Å². The average Bonchev–Trinajstić information content (AvgIpc) is 4.00. The Hall–Kier alpha value is -7.52. The van der Waals surface area contributed by atoms with Gasteiger partial charge in [-0.15, -0.1) is 5.10 Å². The van der Waals surface area contributed by atoms with Crippen LogP contribution in [-0.4, -0.2) is 141 Å². The molecule has 8 heterocycles. The van der Waals surface area contributed by atoms with Crippen LogP contribution in [0.5, 0.6) is 0 Å². The molecule has 0 radical (unpaired) electrons. The molecule has 2 N–H and O–H groups in total. The summed E-state index contributed by atoms with van der Waals surface area (Å²) < 4.78 is 10.7. The lowest BCUT2D eigenvalue weighted by molar-refractivity contribution is -0.136. The second-order valence-electron chi connectivity index (χ2n) is 17.9. The molecule has 21 heteroatoms. The van der Waals surface area contributed by atoms with E-state index in [1.165, 1.54) is 10.2 Å². The number of fused-ring (bicyclic) bond motifs is 2. The molecule has 2 aromatic carbocycles. The molecule has 356 valence electrons. The van der Waals surface area contributed by atoms with E-state index in [1.807, 2.05) is 42.7 Å². The Bertz CT molecular complexity index is 3020. The minimum atomic E-state index is -0.791. The van der Waals surface area contributed by atoms with Gasteiger partial charge in [0.2, 0.25) is 23.4 Å². The van der Waals surface area contributed by atoms with E-state index >= 15 is 0 Å². The zero-order valence-corrected chi connectivity index (χ0v) is 38.5. The van der Waals surface area contributed by atoms with Gasteiger partial charge in [-0.25, -0.2) is 29.3 Å². The van der Waals surface area contributed by atoms with Crippen molar-refractivity contribution in [1.29, 1.82) is 0 Å². The number of nitrogens with zero attached hydrogens (tertiary/aromatic N) is 14. The number of ether oxygens (including phenoxy) is 1. The van der Waals surface area contributed by atoms with Crippen molar-refractivity contribution >= 4 is 51.4 Å². The van der Waals surface area contributed by atoms with Crippen molar-refractivity contribution < 1.29 is 19.1 Å². The van der Waals surface area contributed by atoms with E-state index in [4.69, 9.17) is 14.7 Å². The molecule has 3 amide bonds. The minimum absolute atomic E-state index is 0.159. The number of carbonyl (C=O) groups is 3. The third kappa shape index (κ3) is 10.5. The number of piperazine rings is 1. The Morgan fingerprint density at radius 1 is 0.855 bits per heavy atom. The predicted molar refractivity (Wildman–Crippen MR) is 256 cm³/mol. The summed E-state index contributed by atoms with van der Waals surface area (Å²) >= 11 is 0. The monoisotopic (exact) mass is 934 g/mol. The largest absolute Gasteiger partial charge is 0.385 e. The molecule has 0 spiro atoms. The minimum Gasteiger partial charge on any atom is -0.385 e. The maximum absolute atomic E-state index is 13.1. The standard InChI is InChI=1S/C48H54N16O5/c1-59-29-36(26-53-59)40-27-50-45-44(55-40)57-58-63(45)31-38-30-62(20-21-69-38)48-51-23-35(24-52-48)33-9-7-32(8-10-33)28-60-16-18-61(19-17-60)43(66)6-4-2-3-5-15-49-37-11-12-39-34(22-37)25-54-64(47(39)68)41-13-14-42(65)56-46(41)67/h7-12,22-27,29,38,41,49H,2-6,13-21,28,30-31H2,1H3,(H,56,65,67)/t38-,41?/m0/s1. The number of rotatable bonds is 16. The molecule has 69 heavy (non-hydrogen) atoms. The molecule has 3 saturated heterocycles. The number of nitrogens with one attached hydrogen (secondary N) is 2. The number of unbranched alkanes of at least 4 members (excludes halogenated alkanes) is 3. The molecule has 1 unspecified atom stereocenters. The number of morpholine rings is 1. The van der Waals surface area contributed by atoms with Gasteiger partial charge in [-0.1, -0.05) is 42.3 Å². The van der Waals surface area contributed by atoms with Gasteiger partial charge in [-0.2, -0.15) is 10.2 Å². The highest BCUT2D eigenvalue weighted by Crippen LogP contribution is 2.24. The average molecular weight is 935 g/mol. The van der Waals surface area contributed by atoms with Crippen LogP contribution in [0.15, 0.2) is 84.4 Å². The fourth-order valence-corrected chi connectivity index (χ4v) is 9.19. The zero-order valence-electron chi connectivity index (χ0n) is 38.5. The Kier molecular flexibility index (Phi) is 13.4. The number of imide groups is 1. The molecular weight excluding hydrogens is 881 g/mol. The van der Waals surface area contributed by atoms with Gasteiger partial charge in [0.25, 0.3) is 11.5 Å². The number of aromatic nitrogens is 11. The van der Waals surface area contributed by atoms with Crippen molar-refractivity contribution in [1.82, 2.24) is 69.6 Å². The van der Waals surface area contributed by atoms with Gasteiger partial charge in [0.1, 0.15) is 6.04 Å². The van der Waals surface area contributed by atoms with Crippen LogP contribution >= 0.6 is 0 Å². The highest BCUT2D eigenvalue weighted by atomic mass is 16.5. The molecule has 5 aromatic heterocycles. The van der Waals surface area contributed by atoms with Crippen LogP contribution < -0.4 is 21.1 Å². The zero-order chi connectivity index (χ0) is 47.3. The normalized spacial score (nSPS) is 18.0. The first kappa shape index (κ1) is 45.3. The Morgan fingerprint density at radius 2 is 1.68 bits per heavy atom. The summed E-state index contributed by atoms with van der Waals surface area (Å²) in [7, 11) is 1.86. The van der Waals surface area contributed by atoms with Crippen LogP contribution in [-0.2, 0) is 39.3 Å². The van der Waals surface area contributed by atoms with Crippen LogP contribution in [0.4, 0.5) is 11.6 Å². The molecule has 3 fully saturated rings. The first-order valence-electron chi connectivity index (χ1n) is 23.6. The molecule has 3 aliphatic heterocycles. The predicted octanol–water partition coefficient (Wildman–Crippen LogP) is 3.38. The molecule has 10 rings (SSSR count). The van der Waals surface area contributed by atoms with Gasteiger partial charge in [0, 0.05) is 113 Å². The molecule has 2 atom stereocenters. The second-order valence-corrected chi connectivity index (χ2v) is 17.9. The van der Waals surface area contributed by atoms with E-state index < -0.39 is 11.9 Å². The van der Waals surface area contributed by atoms with Crippen LogP contribution in [0.2, 0.25) is 0 Å². The highest BCUT2D eigenvalue weighted by molar-refractivity contribution is 5.99. The van der Waals surface area contributed by atoms with Gasteiger partial charge >= 0.3 is 0 Å². The van der Waals surface area contributed by atoms with Crippen molar-refractivity contribution in [3.8, 4) is 22.4 Å².